The Labute approximate surface area is 140 Å². The highest BCUT2D eigenvalue weighted by Crippen LogP contribution is 2.23. The van der Waals surface area contributed by atoms with E-state index in [4.69, 9.17) is 5.73 Å². The molecule has 1 aromatic carbocycles. The summed E-state index contributed by atoms with van der Waals surface area (Å²) in [6, 6.07) is 7.51. The molecule has 6 heteroatoms. The zero-order valence-electron chi connectivity index (χ0n) is 12.2. The lowest BCUT2D eigenvalue weighted by Gasteiger charge is -2.28. The maximum absolute atomic E-state index is 12.3. The summed E-state index contributed by atoms with van der Waals surface area (Å²) in [5, 5.41) is 2.93. The van der Waals surface area contributed by atoms with Crippen LogP contribution in [-0.4, -0.2) is 23.5 Å². The molecule has 0 heterocycles. The summed E-state index contributed by atoms with van der Waals surface area (Å²) >= 11 is 5.09. The molecule has 1 unspecified atom stereocenters. The minimum absolute atomic E-state index is 0. The van der Waals surface area contributed by atoms with Crippen LogP contribution in [-0.2, 0) is 10.3 Å². The zero-order chi connectivity index (χ0) is 14.7. The van der Waals surface area contributed by atoms with Gasteiger partial charge < -0.3 is 11.1 Å². The van der Waals surface area contributed by atoms with Crippen molar-refractivity contribution in [3.8, 4) is 0 Å². The first-order valence-corrected chi connectivity index (χ1v) is 8.09. The zero-order valence-corrected chi connectivity index (χ0v) is 15.4. The summed E-state index contributed by atoms with van der Waals surface area (Å²) in [5.74, 6) is -0.156. The number of nitrogens with one attached hydrogen (secondary N) is 1. The highest BCUT2D eigenvalue weighted by atomic mass is 79.9. The number of hydrogen-bond donors (Lipinski definition) is 2. The van der Waals surface area contributed by atoms with Crippen molar-refractivity contribution in [3.63, 3.8) is 0 Å². The lowest BCUT2D eigenvalue weighted by molar-refractivity contribution is -0.126. The third-order valence-corrected chi connectivity index (χ3v) is 4.92. The van der Waals surface area contributed by atoms with E-state index in [0.717, 1.165) is 10.0 Å². The van der Waals surface area contributed by atoms with Crippen molar-refractivity contribution >= 4 is 46.0 Å². The molecular formula is C14H22BrClN2OS. The van der Waals surface area contributed by atoms with Crippen LogP contribution in [0.5, 0.6) is 0 Å². The van der Waals surface area contributed by atoms with Gasteiger partial charge in [-0.25, -0.2) is 0 Å². The van der Waals surface area contributed by atoms with Gasteiger partial charge in [-0.3, -0.25) is 4.79 Å². The summed E-state index contributed by atoms with van der Waals surface area (Å²) in [7, 11) is 0. The third kappa shape index (κ3) is 5.28. The molecule has 0 fully saturated rings. The molecule has 0 aliphatic heterocycles. The van der Waals surface area contributed by atoms with Crippen molar-refractivity contribution < 1.29 is 4.79 Å². The van der Waals surface area contributed by atoms with Gasteiger partial charge in [0.25, 0.3) is 0 Å². The number of carbonyl (C=O) groups excluding carboxylic acids is 1. The van der Waals surface area contributed by atoms with Gasteiger partial charge in [-0.05, 0) is 44.7 Å². The van der Waals surface area contributed by atoms with Crippen LogP contribution in [0.15, 0.2) is 28.7 Å². The lowest BCUT2D eigenvalue weighted by Crippen LogP contribution is -2.51. The number of hydrogen-bond acceptors (Lipinski definition) is 3. The number of amides is 1. The predicted octanol–water partition coefficient (Wildman–Crippen LogP) is 3.30. The van der Waals surface area contributed by atoms with Crippen LogP contribution in [0.4, 0.5) is 0 Å². The fourth-order valence-corrected chi connectivity index (χ4v) is 1.96. The summed E-state index contributed by atoms with van der Waals surface area (Å²) in [6.07, 6.45) is 2.03. The lowest BCUT2D eigenvalue weighted by atomic mass is 9.92. The average molecular weight is 382 g/mol. The first-order chi connectivity index (χ1) is 8.69. The quantitative estimate of drug-likeness (QED) is 0.823. The van der Waals surface area contributed by atoms with Crippen molar-refractivity contribution in [2.75, 3.05) is 12.8 Å². The molecule has 0 aliphatic rings. The second-order valence-electron chi connectivity index (χ2n) is 5.36. The van der Waals surface area contributed by atoms with E-state index in [2.05, 4.69) is 35.1 Å². The van der Waals surface area contributed by atoms with Crippen molar-refractivity contribution in [2.45, 2.75) is 31.1 Å². The van der Waals surface area contributed by atoms with Gasteiger partial charge in [-0.15, -0.1) is 12.4 Å². The minimum atomic E-state index is -1.02. The maximum atomic E-state index is 12.3. The monoisotopic (exact) mass is 380 g/mol. The third-order valence-electron chi connectivity index (χ3n) is 3.14. The molecule has 1 amide bonds. The molecular weight excluding hydrogens is 360 g/mol. The largest absolute Gasteiger partial charge is 0.353 e. The molecule has 3 nitrogen and oxygen atoms in total. The van der Waals surface area contributed by atoms with Crippen LogP contribution in [0.1, 0.15) is 26.3 Å². The standard InChI is InChI=1S/C14H21BrN2OS.ClH/c1-13(2,19-4)9-17-12(18)14(3,16)10-5-7-11(15)8-6-10;/h5-8H,9,16H2,1-4H3,(H,17,18);1H. The Kier molecular flexibility index (Phi) is 7.60. The van der Waals surface area contributed by atoms with Gasteiger partial charge in [0.15, 0.2) is 0 Å². The van der Waals surface area contributed by atoms with Crippen molar-refractivity contribution in [1.82, 2.24) is 5.32 Å². The van der Waals surface area contributed by atoms with Gasteiger partial charge >= 0.3 is 0 Å². The molecule has 0 saturated carbocycles. The Balaban J connectivity index is 0.00000361. The van der Waals surface area contributed by atoms with E-state index in [0.29, 0.717) is 6.54 Å². The molecule has 1 atom stereocenters. The molecule has 0 bridgehead atoms. The average Bonchev–Trinajstić information content (AvgIpc) is 2.36. The molecule has 0 saturated heterocycles. The van der Waals surface area contributed by atoms with Gasteiger partial charge in [0, 0.05) is 15.8 Å². The fourth-order valence-electron chi connectivity index (χ4n) is 1.48. The van der Waals surface area contributed by atoms with Gasteiger partial charge in [-0.1, -0.05) is 28.1 Å². The maximum Gasteiger partial charge on any atom is 0.244 e. The SMILES string of the molecule is CSC(C)(C)CNC(=O)C(C)(N)c1ccc(Br)cc1.Cl. The number of carbonyl (C=O) groups is 1. The van der Waals surface area contributed by atoms with Crippen LogP contribution in [0.25, 0.3) is 0 Å². The Bertz CT molecular complexity index is 449. The predicted molar refractivity (Wildman–Crippen MR) is 93.5 cm³/mol. The van der Waals surface area contributed by atoms with E-state index in [1.807, 2.05) is 30.5 Å². The van der Waals surface area contributed by atoms with Crippen molar-refractivity contribution in [2.24, 2.45) is 5.73 Å². The molecule has 0 aromatic heterocycles. The van der Waals surface area contributed by atoms with E-state index < -0.39 is 5.54 Å². The highest BCUT2D eigenvalue weighted by Gasteiger charge is 2.31. The Morgan fingerprint density at radius 3 is 2.25 bits per heavy atom. The Morgan fingerprint density at radius 2 is 1.80 bits per heavy atom. The van der Waals surface area contributed by atoms with Crippen LogP contribution in [0.2, 0.25) is 0 Å². The van der Waals surface area contributed by atoms with Crippen LogP contribution in [0.3, 0.4) is 0 Å². The number of thioether (sulfide) groups is 1. The molecule has 1 rings (SSSR count). The smallest absolute Gasteiger partial charge is 0.244 e. The number of rotatable bonds is 5. The van der Waals surface area contributed by atoms with E-state index in [-0.39, 0.29) is 23.1 Å². The van der Waals surface area contributed by atoms with Gasteiger partial charge in [0.1, 0.15) is 5.54 Å². The Morgan fingerprint density at radius 1 is 1.30 bits per heavy atom. The molecule has 0 aliphatic carbocycles. The normalized spacial score (nSPS) is 14.1. The summed E-state index contributed by atoms with van der Waals surface area (Å²) in [5.41, 5.74) is 5.95. The van der Waals surface area contributed by atoms with Gasteiger partial charge in [-0.2, -0.15) is 11.8 Å². The number of benzene rings is 1. The molecule has 1 aromatic rings. The van der Waals surface area contributed by atoms with Gasteiger partial charge in [0.2, 0.25) is 5.91 Å². The molecule has 20 heavy (non-hydrogen) atoms. The first kappa shape index (κ1) is 19.8. The molecule has 0 radical (unpaired) electrons. The minimum Gasteiger partial charge on any atom is -0.353 e. The topological polar surface area (TPSA) is 55.1 Å². The first-order valence-electron chi connectivity index (χ1n) is 6.07. The Hall–Kier alpha value is -0.230. The van der Waals surface area contributed by atoms with Crippen LogP contribution < -0.4 is 11.1 Å². The van der Waals surface area contributed by atoms with Crippen molar-refractivity contribution in [3.05, 3.63) is 34.3 Å². The second kappa shape index (κ2) is 7.69. The second-order valence-corrected chi connectivity index (χ2v) is 7.78. The fraction of sp³-hybridized carbons (Fsp3) is 0.500. The van der Waals surface area contributed by atoms with E-state index in [1.165, 1.54) is 0 Å². The highest BCUT2D eigenvalue weighted by molar-refractivity contribution is 9.10. The van der Waals surface area contributed by atoms with Crippen LogP contribution in [0, 0.1) is 0 Å². The number of nitrogens with two attached hydrogens (primary N) is 1. The van der Waals surface area contributed by atoms with Crippen LogP contribution >= 0.6 is 40.1 Å². The molecule has 0 spiro atoms. The van der Waals surface area contributed by atoms with E-state index >= 15 is 0 Å². The van der Waals surface area contributed by atoms with E-state index in [1.54, 1.807) is 18.7 Å². The van der Waals surface area contributed by atoms with Crippen molar-refractivity contribution in [1.29, 1.82) is 0 Å². The van der Waals surface area contributed by atoms with Gasteiger partial charge in [0.05, 0.1) is 0 Å². The summed E-state index contributed by atoms with van der Waals surface area (Å²) < 4.78 is 0.974. The number of halogens is 2. The molecule has 3 N–H and O–H groups in total. The summed E-state index contributed by atoms with van der Waals surface area (Å²) in [4.78, 5) is 12.3. The molecule has 114 valence electrons. The summed E-state index contributed by atoms with van der Waals surface area (Å²) in [6.45, 7) is 6.50. The van der Waals surface area contributed by atoms with E-state index in [9.17, 15) is 4.79 Å².